The van der Waals surface area contributed by atoms with Crippen molar-refractivity contribution in [1.82, 2.24) is 5.32 Å². The highest BCUT2D eigenvalue weighted by Gasteiger charge is 2.38. The molecule has 1 N–H and O–H groups in total. The van der Waals surface area contributed by atoms with Crippen LogP contribution >= 0.6 is 0 Å². The van der Waals surface area contributed by atoms with Gasteiger partial charge in [0.2, 0.25) is 0 Å². The van der Waals surface area contributed by atoms with Gasteiger partial charge >= 0.3 is 5.97 Å². The van der Waals surface area contributed by atoms with Crippen molar-refractivity contribution in [2.45, 2.75) is 58.0 Å². The highest BCUT2D eigenvalue weighted by atomic mass is 16.5. The van der Waals surface area contributed by atoms with Crippen LogP contribution in [0.15, 0.2) is 0 Å². The first-order chi connectivity index (χ1) is 8.48. The third-order valence-electron chi connectivity index (χ3n) is 3.15. The van der Waals surface area contributed by atoms with Gasteiger partial charge in [-0.1, -0.05) is 13.8 Å². The smallest absolute Gasteiger partial charge is 0.325 e. The van der Waals surface area contributed by atoms with Gasteiger partial charge in [-0.05, 0) is 38.5 Å². The van der Waals surface area contributed by atoms with Crippen LogP contribution in [0.3, 0.4) is 0 Å². The molecule has 1 saturated carbocycles. The van der Waals surface area contributed by atoms with E-state index < -0.39 is 5.54 Å². The predicted octanol–water partition coefficient (Wildman–Crippen LogP) is 2.12. The van der Waals surface area contributed by atoms with E-state index in [1.54, 1.807) is 0 Å². The molecule has 1 aliphatic carbocycles. The molecule has 4 nitrogen and oxygen atoms in total. The van der Waals surface area contributed by atoms with Crippen molar-refractivity contribution in [2.24, 2.45) is 5.92 Å². The quantitative estimate of drug-likeness (QED) is 0.508. The number of ether oxygens (including phenoxy) is 2. The van der Waals surface area contributed by atoms with E-state index in [9.17, 15) is 4.79 Å². The summed E-state index contributed by atoms with van der Waals surface area (Å²) in [6, 6.07) is 0.491. The molecule has 1 aliphatic rings. The number of carbonyl (C=O) groups is 1. The molecular formula is C14H27NO3. The van der Waals surface area contributed by atoms with Gasteiger partial charge in [0, 0.05) is 19.3 Å². The van der Waals surface area contributed by atoms with E-state index >= 15 is 0 Å². The van der Waals surface area contributed by atoms with Crippen molar-refractivity contribution in [2.75, 3.05) is 20.3 Å². The molecule has 0 aromatic rings. The first-order valence-electron chi connectivity index (χ1n) is 6.92. The van der Waals surface area contributed by atoms with Crippen molar-refractivity contribution in [1.29, 1.82) is 0 Å². The number of esters is 1. The topological polar surface area (TPSA) is 47.6 Å². The molecule has 18 heavy (non-hydrogen) atoms. The van der Waals surface area contributed by atoms with Gasteiger partial charge in [0.05, 0.1) is 7.11 Å². The Bertz CT molecular complexity index is 264. The summed E-state index contributed by atoms with van der Waals surface area (Å²) in [5.41, 5.74) is -0.558. The van der Waals surface area contributed by atoms with Gasteiger partial charge in [-0.15, -0.1) is 0 Å². The largest absolute Gasteiger partial charge is 0.468 e. The number of hydrogen-bond donors (Lipinski definition) is 1. The van der Waals surface area contributed by atoms with Crippen molar-refractivity contribution >= 4 is 5.97 Å². The molecule has 0 spiro atoms. The molecule has 1 rings (SSSR count). The molecule has 0 saturated heterocycles. The summed E-state index contributed by atoms with van der Waals surface area (Å²) < 4.78 is 10.4. The maximum Gasteiger partial charge on any atom is 0.325 e. The summed E-state index contributed by atoms with van der Waals surface area (Å²) in [6.45, 7) is 7.68. The lowest BCUT2D eigenvalue weighted by Gasteiger charge is -2.28. The van der Waals surface area contributed by atoms with Crippen molar-refractivity contribution < 1.29 is 14.3 Å². The number of hydrogen-bond acceptors (Lipinski definition) is 4. The lowest BCUT2D eigenvalue weighted by Crippen LogP contribution is -2.51. The second-order valence-corrected chi connectivity index (χ2v) is 5.81. The zero-order valence-electron chi connectivity index (χ0n) is 12.1. The molecule has 1 atom stereocenters. The maximum atomic E-state index is 11.8. The van der Waals surface area contributed by atoms with E-state index in [0.717, 1.165) is 32.3 Å². The highest BCUT2D eigenvalue weighted by molar-refractivity contribution is 5.80. The van der Waals surface area contributed by atoms with E-state index in [-0.39, 0.29) is 5.97 Å². The standard InChI is InChI=1S/C14H27NO3/c1-11(2)10-18-9-5-8-14(3,13(16)17-4)15-12-6-7-12/h11-12,15H,5-10H2,1-4H3. The van der Waals surface area contributed by atoms with E-state index in [1.807, 2.05) is 6.92 Å². The van der Waals surface area contributed by atoms with E-state index in [1.165, 1.54) is 7.11 Å². The average Bonchev–Trinajstić information content (AvgIpc) is 3.10. The van der Waals surface area contributed by atoms with Crippen LogP contribution in [0, 0.1) is 5.92 Å². The van der Waals surface area contributed by atoms with Crippen LogP contribution in [0.4, 0.5) is 0 Å². The monoisotopic (exact) mass is 257 g/mol. The molecule has 1 unspecified atom stereocenters. The first kappa shape index (κ1) is 15.4. The number of rotatable bonds is 9. The number of methoxy groups -OCH3 is 1. The molecule has 0 amide bonds. The van der Waals surface area contributed by atoms with Crippen LogP contribution in [0.25, 0.3) is 0 Å². The fourth-order valence-corrected chi connectivity index (χ4v) is 1.98. The zero-order chi connectivity index (χ0) is 13.6. The van der Waals surface area contributed by atoms with Gasteiger partial charge in [0.1, 0.15) is 5.54 Å². The van der Waals surface area contributed by atoms with Crippen LogP contribution in [0.2, 0.25) is 0 Å². The van der Waals surface area contributed by atoms with E-state index in [4.69, 9.17) is 9.47 Å². The lowest BCUT2D eigenvalue weighted by atomic mass is 9.96. The summed E-state index contributed by atoms with van der Waals surface area (Å²) in [5.74, 6) is 0.389. The van der Waals surface area contributed by atoms with Crippen LogP contribution in [0.5, 0.6) is 0 Å². The van der Waals surface area contributed by atoms with Gasteiger partial charge in [0.15, 0.2) is 0 Å². The minimum atomic E-state index is -0.558. The van der Waals surface area contributed by atoms with Gasteiger partial charge in [-0.2, -0.15) is 0 Å². The molecule has 0 heterocycles. The fourth-order valence-electron chi connectivity index (χ4n) is 1.98. The summed E-state index contributed by atoms with van der Waals surface area (Å²) in [6.07, 6.45) is 3.96. The molecule has 4 heteroatoms. The summed E-state index contributed by atoms with van der Waals surface area (Å²) >= 11 is 0. The summed E-state index contributed by atoms with van der Waals surface area (Å²) in [5, 5.41) is 3.39. The van der Waals surface area contributed by atoms with E-state index in [0.29, 0.717) is 18.6 Å². The molecule has 0 aromatic heterocycles. The predicted molar refractivity (Wildman–Crippen MR) is 71.5 cm³/mol. The Hall–Kier alpha value is -0.610. The Morgan fingerprint density at radius 2 is 2.11 bits per heavy atom. The van der Waals surface area contributed by atoms with Crippen LogP contribution < -0.4 is 5.32 Å². The average molecular weight is 257 g/mol. The molecular weight excluding hydrogens is 230 g/mol. The highest BCUT2D eigenvalue weighted by Crippen LogP contribution is 2.25. The summed E-state index contributed by atoms with van der Waals surface area (Å²) in [4.78, 5) is 11.8. The van der Waals surface area contributed by atoms with Crippen LogP contribution in [-0.4, -0.2) is 37.9 Å². The molecule has 0 radical (unpaired) electrons. The Morgan fingerprint density at radius 3 is 2.61 bits per heavy atom. The molecule has 1 fully saturated rings. The van der Waals surface area contributed by atoms with Gasteiger partial charge < -0.3 is 9.47 Å². The van der Waals surface area contributed by atoms with Crippen molar-refractivity contribution in [3.05, 3.63) is 0 Å². The van der Waals surface area contributed by atoms with E-state index in [2.05, 4.69) is 19.2 Å². The minimum Gasteiger partial charge on any atom is -0.468 e. The van der Waals surface area contributed by atoms with Crippen LogP contribution in [0.1, 0.15) is 46.5 Å². The number of nitrogens with one attached hydrogen (secondary N) is 1. The van der Waals surface area contributed by atoms with Gasteiger partial charge in [0.25, 0.3) is 0 Å². The minimum absolute atomic E-state index is 0.168. The SMILES string of the molecule is COC(=O)C(C)(CCCOCC(C)C)NC1CC1. The Balaban J connectivity index is 2.29. The second-order valence-electron chi connectivity index (χ2n) is 5.81. The van der Waals surface area contributed by atoms with Crippen molar-refractivity contribution in [3.8, 4) is 0 Å². The van der Waals surface area contributed by atoms with Crippen LogP contribution in [-0.2, 0) is 14.3 Å². The Kier molecular flexibility index (Phi) is 6.09. The second kappa shape index (κ2) is 7.10. The van der Waals surface area contributed by atoms with Gasteiger partial charge in [-0.25, -0.2) is 0 Å². The molecule has 0 aliphatic heterocycles. The zero-order valence-corrected chi connectivity index (χ0v) is 12.1. The molecule has 0 aromatic carbocycles. The first-order valence-corrected chi connectivity index (χ1v) is 6.92. The number of carbonyl (C=O) groups excluding carboxylic acids is 1. The third-order valence-corrected chi connectivity index (χ3v) is 3.15. The Morgan fingerprint density at radius 1 is 1.44 bits per heavy atom. The summed E-state index contributed by atoms with van der Waals surface area (Å²) in [7, 11) is 1.45. The maximum absolute atomic E-state index is 11.8. The third kappa shape index (κ3) is 5.36. The Labute approximate surface area is 110 Å². The lowest BCUT2D eigenvalue weighted by molar-refractivity contribution is -0.148. The normalized spacial score (nSPS) is 18.7. The fraction of sp³-hybridized carbons (Fsp3) is 0.929. The molecule has 106 valence electrons. The van der Waals surface area contributed by atoms with Gasteiger partial charge in [-0.3, -0.25) is 10.1 Å². The molecule has 0 bridgehead atoms. The van der Waals surface area contributed by atoms with Crippen molar-refractivity contribution in [3.63, 3.8) is 0 Å².